The number of H-pyrrole nitrogens is 1. The fraction of sp³-hybridized carbons (Fsp3) is 0.500. The minimum atomic E-state index is -0.807. The quantitative estimate of drug-likeness (QED) is 0.566. The highest BCUT2D eigenvalue weighted by Crippen LogP contribution is 2.24. The zero-order chi connectivity index (χ0) is 17.8. The number of hydrogen-bond acceptors (Lipinski definition) is 4. The second-order valence-corrected chi connectivity index (χ2v) is 6.94. The molecule has 7 heteroatoms. The van der Waals surface area contributed by atoms with Crippen molar-refractivity contribution in [2.75, 3.05) is 19.7 Å². The molecule has 136 valence electrons. The fourth-order valence-corrected chi connectivity index (χ4v) is 3.73. The van der Waals surface area contributed by atoms with Crippen molar-refractivity contribution >= 4 is 28.4 Å². The van der Waals surface area contributed by atoms with Crippen LogP contribution in [0.4, 0.5) is 0 Å². The monoisotopic (exact) mass is 365 g/mol. The highest BCUT2D eigenvalue weighted by molar-refractivity contribution is 6.31. The first kappa shape index (κ1) is 18.2. The van der Waals surface area contributed by atoms with Crippen molar-refractivity contribution in [3.05, 3.63) is 35.0 Å². The summed E-state index contributed by atoms with van der Waals surface area (Å²) in [4.78, 5) is 17.3. The fourth-order valence-electron chi connectivity index (χ4n) is 3.55. The molecule has 3 rings (SSSR count). The minimum Gasteiger partial charge on any atom is -0.395 e. The topological polar surface area (TPSA) is 88.6 Å². The van der Waals surface area contributed by atoms with Crippen LogP contribution in [-0.4, -0.2) is 58.0 Å². The number of nitrogens with one attached hydrogen (secondary N) is 2. The van der Waals surface area contributed by atoms with E-state index in [9.17, 15) is 15.0 Å². The number of fused-ring (bicyclic) bond motifs is 1. The highest BCUT2D eigenvalue weighted by Gasteiger charge is 2.27. The van der Waals surface area contributed by atoms with Gasteiger partial charge in [-0.05, 0) is 37.1 Å². The molecule has 0 radical (unpaired) electrons. The molecule has 25 heavy (non-hydrogen) atoms. The van der Waals surface area contributed by atoms with E-state index in [1.54, 1.807) is 18.2 Å². The molecular formula is C18H24ClN3O3. The normalized spacial score (nSPS) is 16.6. The Hall–Kier alpha value is -1.60. The van der Waals surface area contributed by atoms with E-state index >= 15 is 0 Å². The summed E-state index contributed by atoms with van der Waals surface area (Å²) in [5.74, 6) is -0.276. The summed E-state index contributed by atoms with van der Waals surface area (Å²) in [5, 5.41) is 23.9. The van der Waals surface area contributed by atoms with Gasteiger partial charge in [0.2, 0.25) is 0 Å². The predicted molar refractivity (Wildman–Crippen MR) is 97.7 cm³/mol. The Labute approximate surface area is 151 Å². The Morgan fingerprint density at radius 1 is 1.36 bits per heavy atom. The number of carbonyl (C=O) groups is 1. The van der Waals surface area contributed by atoms with Gasteiger partial charge in [0.05, 0.1) is 13.2 Å². The van der Waals surface area contributed by atoms with Gasteiger partial charge in [-0.15, -0.1) is 0 Å². The van der Waals surface area contributed by atoms with Crippen molar-refractivity contribution in [3.8, 4) is 0 Å². The van der Waals surface area contributed by atoms with E-state index in [0.29, 0.717) is 17.3 Å². The Bertz CT molecular complexity index is 727. The number of rotatable bonds is 7. The van der Waals surface area contributed by atoms with Crippen molar-refractivity contribution in [1.29, 1.82) is 0 Å². The smallest absolute Gasteiger partial charge is 0.267 e. The van der Waals surface area contributed by atoms with Crippen LogP contribution in [0.2, 0.25) is 5.02 Å². The number of aromatic nitrogens is 1. The number of benzene rings is 1. The third-order valence-corrected chi connectivity index (χ3v) is 5.04. The van der Waals surface area contributed by atoms with Gasteiger partial charge in [0.1, 0.15) is 11.9 Å². The molecule has 0 aliphatic heterocycles. The highest BCUT2D eigenvalue weighted by atomic mass is 35.5. The van der Waals surface area contributed by atoms with Gasteiger partial charge in [-0.3, -0.25) is 9.69 Å². The maximum Gasteiger partial charge on any atom is 0.267 e. The number of aliphatic hydroxyl groups excluding tert-OH is 2. The lowest BCUT2D eigenvalue weighted by atomic mass is 10.2. The number of carbonyl (C=O) groups excluding carboxylic acids is 1. The van der Waals surface area contributed by atoms with Crippen LogP contribution in [0.15, 0.2) is 24.3 Å². The zero-order valence-electron chi connectivity index (χ0n) is 14.0. The molecule has 6 nitrogen and oxygen atoms in total. The molecule has 1 aromatic heterocycles. The Morgan fingerprint density at radius 2 is 2.12 bits per heavy atom. The number of nitrogens with zero attached hydrogens (tertiary/aromatic N) is 1. The first-order valence-electron chi connectivity index (χ1n) is 8.69. The lowest BCUT2D eigenvalue weighted by molar-refractivity contribution is -0.0297. The second-order valence-electron chi connectivity index (χ2n) is 6.50. The molecule has 4 N–H and O–H groups in total. The van der Waals surface area contributed by atoms with E-state index in [1.807, 2.05) is 11.0 Å². The van der Waals surface area contributed by atoms with Gasteiger partial charge in [0, 0.05) is 28.5 Å². The largest absolute Gasteiger partial charge is 0.395 e. The van der Waals surface area contributed by atoms with Gasteiger partial charge in [-0.25, -0.2) is 0 Å². The van der Waals surface area contributed by atoms with Crippen molar-refractivity contribution in [3.63, 3.8) is 0 Å². The third-order valence-electron chi connectivity index (χ3n) is 4.81. The van der Waals surface area contributed by atoms with Crippen LogP contribution in [0.3, 0.4) is 0 Å². The first-order valence-corrected chi connectivity index (χ1v) is 9.07. The second kappa shape index (κ2) is 8.19. The molecule has 1 amide bonds. The van der Waals surface area contributed by atoms with Gasteiger partial charge in [-0.1, -0.05) is 24.4 Å². The summed E-state index contributed by atoms with van der Waals surface area (Å²) in [6.45, 7) is 0.516. The standard InChI is InChI=1S/C18H24ClN3O3/c19-13-5-6-15-12(9-13)10-16(21-15)18(25)20-11-17(24)22(7-8-23)14-3-1-2-4-14/h5-6,9-10,14,17,21,23-24H,1-4,7-8,11H2,(H,20,25)/t17-/m1/s1. The molecule has 1 saturated carbocycles. The summed E-state index contributed by atoms with van der Waals surface area (Å²) in [6, 6.07) is 7.40. The van der Waals surface area contributed by atoms with E-state index in [2.05, 4.69) is 10.3 Å². The molecule has 1 aliphatic rings. The minimum absolute atomic E-state index is 0.00964. The molecule has 1 aromatic carbocycles. The van der Waals surface area contributed by atoms with Crippen LogP contribution in [0, 0.1) is 0 Å². The van der Waals surface area contributed by atoms with Gasteiger partial charge in [0.25, 0.3) is 5.91 Å². The van der Waals surface area contributed by atoms with Crippen LogP contribution in [0.25, 0.3) is 10.9 Å². The Kier molecular flexibility index (Phi) is 5.96. The van der Waals surface area contributed by atoms with E-state index < -0.39 is 6.23 Å². The van der Waals surface area contributed by atoms with Crippen LogP contribution < -0.4 is 5.32 Å². The summed E-state index contributed by atoms with van der Waals surface area (Å²) >= 11 is 5.96. The number of aliphatic hydroxyl groups is 2. The first-order chi connectivity index (χ1) is 12.1. The molecule has 0 saturated heterocycles. The van der Waals surface area contributed by atoms with Gasteiger partial charge < -0.3 is 20.5 Å². The molecule has 0 spiro atoms. The van der Waals surface area contributed by atoms with E-state index in [1.165, 1.54) is 0 Å². The molecule has 1 aliphatic carbocycles. The van der Waals surface area contributed by atoms with Crippen molar-refractivity contribution in [1.82, 2.24) is 15.2 Å². The summed E-state index contributed by atoms with van der Waals surface area (Å²) in [6.07, 6.45) is 3.52. The Morgan fingerprint density at radius 3 is 2.84 bits per heavy atom. The molecular weight excluding hydrogens is 342 g/mol. The number of halogens is 1. The average Bonchev–Trinajstić information content (AvgIpc) is 3.26. The van der Waals surface area contributed by atoms with Gasteiger partial charge in [0.15, 0.2) is 0 Å². The van der Waals surface area contributed by atoms with Gasteiger partial charge >= 0.3 is 0 Å². The summed E-state index contributed by atoms with van der Waals surface area (Å²) < 4.78 is 0. The van der Waals surface area contributed by atoms with Gasteiger partial charge in [-0.2, -0.15) is 0 Å². The molecule has 1 heterocycles. The van der Waals surface area contributed by atoms with E-state index in [0.717, 1.165) is 36.6 Å². The molecule has 1 fully saturated rings. The lowest BCUT2D eigenvalue weighted by Crippen LogP contribution is -2.49. The predicted octanol–water partition coefficient (Wildman–Crippen LogP) is 2.11. The Balaban J connectivity index is 1.61. The molecule has 2 aromatic rings. The van der Waals surface area contributed by atoms with Crippen LogP contribution >= 0.6 is 11.6 Å². The summed E-state index contributed by atoms with van der Waals surface area (Å²) in [5.41, 5.74) is 1.27. The number of hydrogen-bond donors (Lipinski definition) is 4. The molecule has 0 bridgehead atoms. The maximum absolute atomic E-state index is 12.4. The van der Waals surface area contributed by atoms with E-state index in [4.69, 9.17) is 11.6 Å². The number of amides is 1. The average molecular weight is 366 g/mol. The maximum atomic E-state index is 12.4. The SMILES string of the molecule is O=C(NC[C@@H](O)N(CCO)C1CCCC1)c1cc2cc(Cl)ccc2[nH]1. The number of aromatic amines is 1. The van der Waals surface area contributed by atoms with Crippen molar-refractivity contribution < 1.29 is 15.0 Å². The van der Waals surface area contributed by atoms with Crippen LogP contribution in [0.1, 0.15) is 36.2 Å². The third kappa shape index (κ3) is 4.33. The van der Waals surface area contributed by atoms with Crippen molar-refractivity contribution in [2.45, 2.75) is 38.0 Å². The van der Waals surface area contributed by atoms with Crippen molar-refractivity contribution in [2.24, 2.45) is 0 Å². The van der Waals surface area contributed by atoms with E-state index in [-0.39, 0.29) is 25.1 Å². The van der Waals surface area contributed by atoms with Crippen LogP contribution in [0.5, 0.6) is 0 Å². The molecule has 1 atom stereocenters. The lowest BCUT2D eigenvalue weighted by Gasteiger charge is -2.32. The summed E-state index contributed by atoms with van der Waals surface area (Å²) in [7, 11) is 0. The molecule has 0 unspecified atom stereocenters. The van der Waals surface area contributed by atoms with Crippen LogP contribution in [-0.2, 0) is 0 Å². The zero-order valence-corrected chi connectivity index (χ0v) is 14.8.